The van der Waals surface area contributed by atoms with Gasteiger partial charge in [-0.3, -0.25) is 0 Å². The molecule has 7 atom stereocenters. The Labute approximate surface area is 195 Å². The first-order valence-electron chi connectivity index (χ1n) is 13.3. The van der Waals surface area contributed by atoms with Crippen molar-refractivity contribution < 1.29 is 17.9 Å². The lowest BCUT2D eigenvalue weighted by Gasteiger charge is -2.39. The largest absolute Gasteiger partial charge is 0.375 e. The molecule has 7 unspecified atom stereocenters. The van der Waals surface area contributed by atoms with Crippen LogP contribution in [0.3, 0.4) is 0 Å². The quantitative estimate of drug-likeness (QED) is 0.555. The number of nitrogens with one attached hydrogen (secondary N) is 1. The number of fused-ring (bicyclic) bond motifs is 1. The van der Waals surface area contributed by atoms with Crippen molar-refractivity contribution in [2.24, 2.45) is 11.8 Å². The lowest BCUT2D eigenvalue weighted by atomic mass is 9.81. The van der Waals surface area contributed by atoms with Crippen LogP contribution in [0.1, 0.15) is 85.0 Å². The van der Waals surface area contributed by atoms with Crippen molar-refractivity contribution in [1.82, 2.24) is 14.7 Å². The monoisotopic (exact) mass is 471 g/mol. The molecule has 0 aromatic rings. The van der Waals surface area contributed by atoms with E-state index in [2.05, 4.69) is 5.43 Å². The van der Waals surface area contributed by atoms with Crippen LogP contribution in [0.15, 0.2) is 0 Å². The molecule has 1 heterocycles. The topological polar surface area (TPSA) is 71.1 Å². The van der Waals surface area contributed by atoms with E-state index in [9.17, 15) is 8.42 Å². The second-order valence-electron chi connectivity index (χ2n) is 10.2. The molecule has 0 bridgehead atoms. The highest BCUT2D eigenvalue weighted by Crippen LogP contribution is 2.45. The van der Waals surface area contributed by atoms with Crippen molar-refractivity contribution in [3.05, 3.63) is 0 Å². The Morgan fingerprint density at radius 3 is 2.56 bits per heavy atom. The van der Waals surface area contributed by atoms with Gasteiger partial charge in [0.25, 0.3) is 0 Å². The third-order valence-electron chi connectivity index (χ3n) is 8.44. The highest BCUT2D eigenvalue weighted by Gasteiger charge is 2.47. The second kappa shape index (κ2) is 11.0. The lowest BCUT2D eigenvalue weighted by Crippen LogP contribution is -2.52. The lowest BCUT2D eigenvalue weighted by molar-refractivity contribution is -0.0647. The van der Waals surface area contributed by atoms with Crippen LogP contribution < -0.4 is 5.43 Å². The average molecular weight is 472 g/mol. The van der Waals surface area contributed by atoms with Gasteiger partial charge in [0.05, 0.1) is 12.2 Å². The Balaban J connectivity index is 1.41. The normalized spacial score (nSPS) is 38.9. The van der Waals surface area contributed by atoms with Crippen LogP contribution >= 0.6 is 0 Å². The average Bonchev–Trinajstić information content (AvgIpc) is 3.39. The fourth-order valence-corrected chi connectivity index (χ4v) is 8.98. The van der Waals surface area contributed by atoms with Gasteiger partial charge in [0.15, 0.2) is 0 Å². The van der Waals surface area contributed by atoms with E-state index >= 15 is 0 Å². The van der Waals surface area contributed by atoms with Crippen molar-refractivity contribution >= 4 is 10.0 Å². The maximum absolute atomic E-state index is 13.8. The van der Waals surface area contributed by atoms with E-state index in [-0.39, 0.29) is 12.1 Å². The summed E-state index contributed by atoms with van der Waals surface area (Å²) in [6.45, 7) is 8.15. The molecule has 32 heavy (non-hydrogen) atoms. The number of hydrogen-bond donors (Lipinski definition) is 1. The molecule has 0 spiro atoms. The van der Waals surface area contributed by atoms with Gasteiger partial charge in [-0.25, -0.2) is 18.9 Å². The van der Waals surface area contributed by atoms with Gasteiger partial charge < -0.3 is 9.47 Å². The van der Waals surface area contributed by atoms with Gasteiger partial charge in [-0.1, -0.05) is 33.1 Å². The first-order chi connectivity index (χ1) is 15.5. The fourth-order valence-electron chi connectivity index (χ4n) is 6.84. The Bertz CT molecular complexity index is 705. The molecule has 0 aromatic carbocycles. The van der Waals surface area contributed by atoms with E-state index in [1.165, 1.54) is 38.5 Å². The van der Waals surface area contributed by atoms with Crippen LogP contribution in [0.4, 0.5) is 0 Å². The summed E-state index contributed by atoms with van der Waals surface area (Å²) in [5.74, 6) is 1.61. The number of rotatable bonds is 9. The van der Waals surface area contributed by atoms with E-state index in [1.807, 2.05) is 25.8 Å². The van der Waals surface area contributed by atoms with Crippen LogP contribution in [0.25, 0.3) is 0 Å². The van der Waals surface area contributed by atoms with E-state index in [0.29, 0.717) is 25.8 Å². The first-order valence-corrected chi connectivity index (χ1v) is 14.8. The zero-order chi connectivity index (χ0) is 22.7. The van der Waals surface area contributed by atoms with Crippen molar-refractivity contribution in [3.63, 3.8) is 0 Å². The molecular weight excluding hydrogens is 426 g/mol. The van der Waals surface area contributed by atoms with E-state index in [1.54, 1.807) is 4.31 Å². The van der Waals surface area contributed by atoms with Gasteiger partial charge >= 0.3 is 0 Å². The number of nitrogens with zero attached hydrogens (tertiary/aromatic N) is 2. The van der Waals surface area contributed by atoms with Gasteiger partial charge in [0.2, 0.25) is 10.0 Å². The summed E-state index contributed by atoms with van der Waals surface area (Å²) in [5.41, 5.74) is 3.24. The van der Waals surface area contributed by atoms with Crippen LogP contribution in [0, 0.1) is 11.8 Å². The molecule has 4 aliphatic rings. The summed E-state index contributed by atoms with van der Waals surface area (Å²) < 4.78 is 41.9. The minimum Gasteiger partial charge on any atom is -0.375 e. The van der Waals surface area contributed by atoms with Crippen molar-refractivity contribution in [1.29, 1.82) is 0 Å². The Morgan fingerprint density at radius 2 is 1.81 bits per heavy atom. The summed E-state index contributed by atoms with van der Waals surface area (Å²) in [6, 6.07) is 0.0326. The zero-order valence-corrected chi connectivity index (χ0v) is 21.2. The Hall–Kier alpha value is -0.250. The highest BCUT2D eigenvalue weighted by atomic mass is 32.2. The Morgan fingerprint density at radius 1 is 1.00 bits per heavy atom. The predicted molar refractivity (Wildman–Crippen MR) is 126 cm³/mol. The van der Waals surface area contributed by atoms with Crippen molar-refractivity contribution in [2.45, 2.75) is 115 Å². The first kappa shape index (κ1) is 24.9. The molecule has 3 aliphatic carbocycles. The summed E-state index contributed by atoms with van der Waals surface area (Å²) in [6.07, 6.45) is 11.9. The minimum absolute atomic E-state index is 0.0326. The highest BCUT2D eigenvalue weighted by molar-refractivity contribution is 7.89. The fraction of sp³-hybridized carbons (Fsp3) is 1.00. The second-order valence-corrected chi connectivity index (χ2v) is 12.3. The molecule has 1 aliphatic heterocycles. The van der Waals surface area contributed by atoms with E-state index in [0.717, 1.165) is 44.1 Å². The van der Waals surface area contributed by atoms with E-state index < -0.39 is 21.5 Å². The third kappa shape index (κ3) is 5.20. The molecule has 0 aromatic heterocycles. The molecule has 4 rings (SSSR count). The molecule has 1 N–H and O–H groups in total. The van der Waals surface area contributed by atoms with Gasteiger partial charge in [-0.05, 0) is 63.7 Å². The van der Waals surface area contributed by atoms with Gasteiger partial charge in [-0.15, -0.1) is 0 Å². The summed E-state index contributed by atoms with van der Waals surface area (Å²) in [4.78, 5) is 0. The van der Waals surface area contributed by atoms with Crippen LogP contribution in [0.2, 0.25) is 0 Å². The molecule has 8 heteroatoms. The molecule has 1 saturated heterocycles. The van der Waals surface area contributed by atoms with Gasteiger partial charge in [0, 0.05) is 32.3 Å². The van der Waals surface area contributed by atoms with E-state index in [4.69, 9.17) is 9.47 Å². The molecule has 4 fully saturated rings. The molecule has 0 amide bonds. The summed E-state index contributed by atoms with van der Waals surface area (Å²) in [7, 11) is -3.49. The van der Waals surface area contributed by atoms with Crippen LogP contribution in [-0.4, -0.2) is 73.7 Å². The van der Waals surface area contributed by atoms with Gasteiger partial charge in [-0.2, -0.15) is 4.31 Å². The summed E-state index contributed by atoms with van der Waals surface area (Å²) in [5, 5.41) is 1.39. The molecular formula is C24H45N3O4S. The molecule has 3 saturated carbocycles. The molecule has 186 valence electrons. The van der Waals surface area contributed by atoms with Crippen LogP contribution in [0.5, 0.6) is 0 Å². The smallest absolute Gasteiger partial charge is 0.222 e. The number of ether oxygens (including phenoxy) is 2. The number of hydrogen-bond acceptors (Lipinski definition) is 6. The Kier molecular flexibility index (Phi) is 8.54. The van der Waals surface area contributed by atoms with Crippen molar-refractivity contribution in [2.75, 3.05) is 26.2 Å². The third-order valence-corrected chi connectivity index (χ3v) is 10.8. The SMILES string of the molecule is CCOC1NN(CC)CC1S(=O)(=O)N(CC)C1CCCC(OC2CCC3CCCCC32)C1. The van der Waals surface area contributed by atoms with Gasteiger partial charge in [0.1, 0.15) is 11.5 Å². The zero-order valence-electron chi connectivity index (χ0n) is 20.4. The number of sulfonamides is 1. The number of hydrazine groups is 1. The minimum atomic E-state index is -3.49. The maximum Gasteiger partial charge on any atom is 0.222 e. The maximum atomic E-state index is 13.8. The standard InChI is InChI=1S/C24H45N3O4S/c1-4-26-17-23(24(25-26)30-6-3)32(28,29)27(5-2)19-11-9-12-20(16-19)31-22-15-14-18-10-7-8-13-21(18)22/h18-25H,4-17H2,1-3H3. The summed E-state index contributed by atoms with van der Waals surface area (Å²) >= 11 is 0. The van der Waals surface area contributed by atoms with Crippen LogP contribution in [-0.2, 0) is 19.5 Å². The predicted octanol–water partition coefficient (Wildman–Crippen LogP) is 3.51. The molecule has 7 nitrogen and oxygen atoms in total. The molecule has 0 radical (unpaired) electrons. The van der Waals surface area contributed by atoms with Crippen molar-refractivity contribution in [3.8, 4) is 0 Å².